The van der Waals surface area contributed by atoms with Crippen LogP contribution in [0.2, 0.25) is 0 Å². The van der Waals surface area contributed by atoms with Crippen molar-refractivity contribution in [1.82, 2.24) is 10.2 Å². The quantitative estimate of drug-likeness (QED) is 0.630. The highest BCUT2D eigenvalue weighted by atomic mass is 16.5. The first kappa shape index (κ1) is 18.4. The lowest BCUT2D eigenvalue weighted by atomic mass is 9.84. The molecule has 21 heavy (non-hydrogen) atoms. The molecule has 1 fully saturated rings. The highest BCUT2D eigenvalue weighted by molar-refractivity contribution is 5.81. The molecule has 4 heteroatoms. The maximum absolute atomic E-state index is 12.4. The predicted molar refractivity (Wildman–Crippen MR) is 87.4 cm³/mol. The molecule has 0 heterocycles. The zero-order chi connectivity index (χ0) is 15.7. The van der Waals surface area contributed by atoms with Crippen molar-refractivity contribution in [2.45, 2.75) is 64.3 Å². The van der Waals surface area contributed by atoms with Crippen LogP contribution in [0.15, 0.2) is 0 Å². The van der Waals surface area contributed by atoms with Gasteiger partial charge in [0.25, 0.3) is 0 Å². The van der Waals surface area contributed by atoms with E-state index in [-0.39, 0.29) is 5.97 Å². The van der Waals surface area contributed by atoms with Crippen LogP contribution >= 0.6 is 0 Å². The summed E-state index contributed by atoms with van der Waals surface area (Å²) in [5.41, 5.74) is -0.434. The number of methoxy groups -OCH3 is 1. The maximum atomic E-state index is 12.4. The van der Waals surface area contributed by atoms with Crippen molar-refractivity contribution in [2.75, 3.05) is 33.8 Å². The first-order valence-electron chi connectivity index (χ1n) is 8.62. The van der Waals surface area contributed by atoms with Crippen LogP contribution in [0.1, 0.15) is 58.8 Å². The largest absolute Gasteiger partial charge is 0.468 e. The average Bonchev–Trinajstić information content (AvgIpc) is 2.91. The lowest BCUT2D eigenvalue weighted by Gasteiger charge is -2.34. The van der Waals surface area contributed by atoms with E-state index in [1.807, 2.05) is 0 Å². The Morgan fingerprint density at radius 1 is 1.33 bits per heavy atom. The lowest BCUT2D eigenvalue weighted by Crippen LogP contribution is -2.56. The summed E-state index contributed by atoms with van der Waals surface area (Å²) in [7, 11) is 3.70. The number of hydrogen-bond acceptors (Lipinski definition) is 4. The van der Waals surface area contributed by atoms with Gasteiger partial charge in [-0.25, -0.2) is 0 Å². The third-order valence-corrected chi connectivity index (χ3v) is 4.81. The molecule has 0 saturated heterocycles. The van der Waals surface area contributed by atoms with E-state index >= 15 is 0 Å². The molecule has 2 atom stereocenters. The third kappa shape index (κ3) is 4.96. The van der Waals surface area contributed by atoms with Gasteiger partial charge in [0.1, 0.15) is 5.54 Å². The summed E-state index contributed by atoms with van der Waals surface area (Å²) >= 11 is 0. The molecule has 1 rings (SSSR count). The Morgan fingerprint density at radius 2 is 2.10 bits per heavy atom. The fourth-order valence-corrected chi connectivity index (χ4v) is 3.49. The summed E-state index contributed by atoms with van der Waals surface area (Å²) < 4.78 is 5.12. The number of unbranched alkanes of at least 4 members (excludes halogenated alkanes) is 1. The molecular weight excluding hydrogens is 264 g/mol. The van der Waals surface area contributed by atoms with Crippen molar-refractivity contribution in [2.24, 2.45) is 5.92 Å². The SMILES string of the molecule is CCCCN(C)CCC1CCCC1(NCCC)C(=O)OC. The highest BCUT2D eigenvalue weighted by Crippen LogP contribution is 2.39. The minimum Gasteiger partial charge on any atom is -0.468 e. The van der Waals surface area contributed by atoms with Crippen molar-refractivity contribution in [3.05, 3.63) is 0 Å². The van der Waals surface area contributed by atoms with E-state index < -0.39 is 5.54 Å². The lowest BCUT2D eigenvalue weighted by molar-refractivity contribution is -0.150. The number of carbonyl (C=O) groups excluding carboxylic acids is 1. The monoisotopic (exact) mass is 298 g/mol. The molecule has 4 nitrogen and oxygen atoms in total. The van der Waals surface area contributed by atoms with Gasteiger partial charge in [-0.1, -0.05) is 26.7 Å². The number of ether oxygens (including phenoxy) is 1. The van der Waals surface area contributed by atoms with Gasteiger partial charge in [-0.3, -0.25) is 4.79 Å². The molecule has 1 aliphatic rings. The number of nitrogens with one attached hydrogen (secondary N) is 1. The number of nitrogens with zero attached hydrogens (tertiary/aromatic N) is 1. The Kier molecular flexibility index (Phi) is 8.27. The molecule has 0 aromatic heterocycles. The van der Waals surface area contributed by atoms with Crippen molar-refractivity contribution in [1.29, 1.82) is 0 Å². The fourth-order valence-electron chi connectivity index (χ4n) is 3.49. The molecule has 0 aromatic carbocycles. The second-order valence-electron chi connectivity index (χ2n) is 6.42. The van der Waals surface area contributed by atoms with E-state index in [1.54, 1.807) is 0 Å². The maximum Gasteiger partial charge on any atom is 0.326 e. The van der Waals surface area contributed by atoms with E-state index in [2.05, 4.69) is 31.1 Å². The van der Waals surface area contributed by atoms with Crippen LogP contribution in [0.25, 0.3) is 0 Å². The summed E-state index contributed by atoms with van der Waals surface area (Å²) in [4.78, 5) is 14.8. The van der Waals surface area contributed by atoms with Crippen LogP contribution in [0.4, 0.5) is 0 Å². The molecule has 1 N–H and O–H groups in total. The summed E-state index contributed by atoms with van der Waals surface area (Å²) in [6.07, 6.45) is 7.77. The van der Waals surface area contributed by atoms with Crippen LogP contribution in [0.5, 0.6) is 0 Å². The molecular formula is C17H34N2O2. The third-order valence-electron chi connectivity index (χ3n) is 4.81. The van der Waals surface area contributed by atoms with E-state index in [4.69, 9.17) is 4.74 Å². The van der Waals surface area contributed by atoms with Gasteiger partial charge >= 0.3 is 5.97 Å². The molecule has 0 amide bonds. The summed E-state index contributed by atoms with van der Waals surface area (Å²) in [6.45, 7) is 7.47. The zero-order valence-corrected chi connectivity index (χ0v) is 14.4. The van der Waals surface area contributed by atoms with E-state index in [9.17, 15) is 4.79 Å². The zero-order valence-electron chi connectivity index (χ0n) is 14.4. The Balaban J connectivity index is 2.62. The van der Waals surface area contributed by atoms with Crippen LogP contribution in [-0.4, -0.2) is 50.2 Å². The first-order chi connectivity index (χ1) is 10.1. The van der Waals surface area contributed by atoms with Crippen molar-refractivity contribution in [3.63, 3.8) is 0 Å². The Bertz CT molecular complexity index is 309. The smallest absolute Gasteiger partial charge is 0.326 e. The Labute approximate surface area is 130 Å². The molecule has 0 radical (unpaired) electrons. The van der Waals surface area contributed by atoms with Gasteiger partial charge in [-0.05, 0) is 64.7 Å². The van der Waals surface area contributed by atoms with Gasteiger partial charge in [-0.2, -0.15) is 0 Å². The number of hydrogen-bond donors (Lipinski definition) is 1. The van der Waals surface area contributed by atoms with Crippen molar-refractivity contribution in [3.8, 4) is 0 Å². The number of carbonyl (C=O) groups is 1. The first-order valence-corrected chi connectivity index (χ1v) is 8.62. The van der Waals surface area contributed by atoms with Gasteiger partial charge < -0.3 is 15.0 Å². The average molecular weight is 298 g/mol. The van der Waals surface area contributed by atoms with E-state index in [0.29, 0.717) is 5.92 Å². The van der Waals surface area contributed by atoms with Crippen LogP contribution in [0, 0.1) is 5.92 Å². The molecule has 1 saturated carbocycles. The molecule has 0 bridgehead atoms. The summed E-state index contributed by atoms with van der Waals surface area (Å²) in [6, 6.07) is 0. The van der Waals surface area contributed by atoms with Crippen LogP contribution < -0.4 is 5.32 Å². The number of esters is 1. The van der Waals surface area contributed by atoms with Gasteiger partial charge in [0.2, 0.25) is 0 Å². The second kappa shape index (κ2) is 9.42. The molecule has 0 aliphatic heterocycles. The molecule has 0 spiro atoms. The fraction of sp³-hybridized carbons (Fsp3) is 0.941. The minimum atomic E-state index is -0.434. The summed E-state index contributed by atoms with van der Waals surface area (Å²) in [5, 5.41) is 3.52. The Morgan fingerprint density at radius 3 is 2.71 bits per heavy atom. The highest BCUT2D eigenvalue weighted by Gasteiger charge is 2.49. The molecule has 0 aromatic rings. The Hall–Kier alpha value is -0.610. The molecule has 2 unspecified atom stereocenters. The second-order valence-corrected chi connectivity index (χ2v) is 6.42. The van der Waals surface area contributed by atoms with E-state index in [1.165, 1.54) is 20.0 Å². The van der Waals surface area contributed by atoms with Gasteiger partial charge in [0.05, 0.1) is 7.11 Å². The van der Waals surface area contributed by atoms with E-state index in [0.717, 1.165) is 51.7 Å². The van der Waals surface area contributed by atoms with Gasteiger partial charge in [0, 0.05) is 0 Å². The normalized spacial score (nSPS) is 25.5. The summed E-state index contributed by atoms with van der Waals surface area (Å²) in [5.74, 6) is 0.343. The topological polar surface area (TPSA) is 41.6 Å². The van der Waals surface area contributed by atoms with Crippen LogP contribution in [-0.2, 0) is 9.53 Å². The standard InChI is InChI=1S/C17H34N2O2/c1-5-7-13-19(3)14-10-15-9-8-11-17(15,16(20)21-4)18-12-6-2/h15,18H,5-14H2,1-4H3. The van der Waals surface area contributed by atoms with Crippen molar-refractivity contribution < 1.29 is 9.53 Å². The van der Waals surface area contributed by atoms with Crippen molar-refractivity contribution >= 4 is 5.97 Å². The minimum absolute atomic E-state index is 0.0605. The van der Waals surface area contributed by atoms with Crippen LogP contribution in [0.3, 0.4) is 0 Å². The number of rotatable bonds is 10. The molecule has 1 aliphatic carbocycles. The van der Waals surface area contributed by atoms with Gasteiger partial charge in [0.15, 0.2) is 0 Å². The van der Waals surface area contributed by atoms with Gasteiger partial charge in [-0.15, -0.1) is 0 Å². The molecule has 124 valence electrons. The predicted octanol–water partition coefficient (Wildman–Crippen LogP) is 2.82.